The average molecular weight is 342 g/mol. The first-order chi connectivity index (χ1) is 11.1. The standard InChI is InChI=1S/C17H24ClNO4/c1-3-10-23-17-14(18)11-13(12-15(17)22-4-2)6-7-16(21)19-8-5-9-20/h6-7,11-12,20H,3-5,8-10H2,1-2H3,(H,19,21)/b7-6+. The van der Waals surface area contributed by atoms with Crippen LogP contribution in [0.5, 0.6) is 11.5 Å². The van der Waals surface area contributed by atoms with E-state index in [0.29, 0.717) is 42.7 Å². The smallest absolute Gasteiger partial charge is 0.244 e. The van der Waals surface area contributed by atoms with Gasteiger partial charge in [-0.25, -0.2) is 0 Å². The molecule has 2 N–H and O–H groups in total. The van der Waals surface area contributed by atoms with Crippen molar-refractivity contribution in [3.63, 3.8) is 0 Å². The number of hydrogen-bond donors (Lipinski definition) is 2. The van der Waals surface area contributed by atoms with Crippen LogP contribution in [0.1, 0.15) is 32.3 Å². The van der Waals surface area contributed by atoms with E-state index in [2.05, 4.69) is 5.32 Å². The number of hydrogen-bond acceptors (Lipinski definition) is 4. The lowest BCUT2D eigenvalue weighted by molar-refractivity contribution is -0.116. The summed E-state index contributed by atoms with van der Waals surface area (Å²) >= 11 is 6.26. The van der Waals surface area contributed by atoms with Gasteiger partial charge in [-0.3, -0.25) is 4.79 Å². The van der Waals surface area contributed by atoms with E-state index in [1.165, 1.54) is 6.08 Å². The van der Waals surface area contributed by atoms with E-state index in [0.717, 1.165) is 12.0 Å². The monoisotopic (exact) mass is 341 g/mol. The summed E-state index contributed by atoms with van der Waals surface area (Å²) in [5.41, 5.74) is 0.750. The molecule has 0 aliphatic heterocycles. The van der Waals surface area contributed by atoms with E-state index < -0.39 is 0 Å². The van der Waals surface area contributed by atoms with Crippen LogP contribution in [0.3, 0.4) is 0 Å². The molecule has 5 nitrogen and oxygen atoms in total. The van der Waals surface area contributed by atoms with Crippen molar-refractivity contribution in [1.29, 1.82) is 0 Å². The number of halogens is 1. The zero-order valence-electron chi connectivity index (χ0n) is 13.6. The lowest BCUT2D eigenvalue weighted by Gasteiger charge is -2.14. The quantitative estimate of drug-likeness (QED) is 0.507. The van der Waals surface area contributed by atoms with Gasteiger partial charge in [0, 0.05) is 19.2 Å². The molecule has 1 rings (SSSR count). The van der Waals surface area contributed by atoms with E-state index in [1.807, 2.05) is 13.8 Å². The summed E-state index contributed by atoms with van der Waals surface area (Å²) < 4.78 is 11.2. The number of benzene rings is 1. The van der Waals surface area contributed by atoms with Crippen LogP contribution in [0, 0.1) is 0 Å². The molecule has 6 heteroatoms. The summed E-state index contributed by atoms with van der Waals surface area (Å²) in [6.45, 7) is 5.44. The van der Waals surface area contributed by atoms with E-state index in [-0.39, 0.29) is 12.5 Å². The van der Waals surface area contributed by atoms with Crippen LogP contribution in [0.4, 0.5) is 0 Å². The van der Waals surface area contributed by atoms with E-state index in [1.54, 1.807) is 18.2 Å². The zero-order valence-corrected chi connectivity index (χ0v) is 14.4. The highest BCUT2D eigenvalue weighted by molar-refractivity contribution is 6.32. The maximum atomic E-state index is 11.6. The van der Waals surface area contributed by atoms with Gasteiger partial charge in [-0.1, -0.05) is 18.5 Å². The summed E-state index contributed by atoms with van der Waals surface area (Å²) in [6, 6.07) is 3.52. The molecular weight excluding hydrogens is 318 g/mol. The van der Waals surface area contributed by atoms with Gasteiger partial charge in [0.2, 0.25) is 5.91 Å². The third kappa shape index (κ3) is 6.93. The number of amides is 1. The number of aliphatic hydroxyl groups excluding tert-OH is 1. The average Bonchev–Trinajstić information content (AvgIpc) is 2.53. The van der Waals surface area contributed by atoms with Crippen molar-refractivity contribution < 1.29 is 19.4 Å². The topological polar surface area (TPSA) is 67.8 Å². The second-order valence-electron chi connectivity index (χ2n) is 4.81. The van der Waals surface area contributed by atoms with Crippen LogP contribution in [0.25, 0.3) is 6.08 Å². The summed E-state index contributed by atoms with van der Waals surface area (Å²) in [5, 5.41) is 11.8. The molecule has 0 heterocycles. The van der Waals surface area contributed by atoms with Gasteiger partial charge in [0.25, 0.3) is 0 Å². The van der Waals surface area contributed by atoms with Crippen molar-refractivity contribution in [2.45, 2.75) is 26.7 Å². The molecule has 0 saturated heterocycles. The zero-order chi connectivity index (χ0) is 17.1. The maximum Gasteiger partial charge on any atom is 0.244 e. The minimum atomic E-state index is -0.223. The molecule has 23 heavy (non-hydrogen) atoms. The van der Waals surface area contributed by atoms with Gasteiger partial charge in [0.1, 0.15) is 0 Å². The maximum absolute atomic E-state index is 11.6. The molecule has 128 valence electrons. The molecule has 0 aliphatic carbocycles. The van der Waals surface area contributed by atoms with Crippen LogP contribution in [-0.4, -0.2) is 37.4 Å². The Bertz CT molecular complexity index is 532. The predicted octanol–water partition coefficient (Wildman–Crippen LogP) is 3.04. The van der Waals surface area contributed by atoms with Gasteiger partial charge in [0.15, 0.2) is 11.5 Å². The van der Waals surface area contributed by atoms with Crippen LogP contribution in [0.2, 0.25) is 5.02 Å². The lowest BCUT2D eigenvalue weighted by Crippen LogP contribution is -2.22. The largest absolute Gasteiger partial charge is 0.490 e. The van der Waals surface area contributed by atoms with Crippen LogP contribution < -0.4 is 14.8 Å². The molecule has 1 amide bonds. The van der Waals surface area contributed by atoms with Gasteiger partial charge >= 0.3 is 0 Å². The molecule has 0 spiro atoms. The van der Waals surface area contributed by atoms with Crippen molar-refractivity contribution in [1.82, 2.24) is 5.32 Å². The Kier molecular flexibility index (Phi) is 9.17. The Morgan fingerprint density at radius 2 is 2.13 bits per heavy atom. The molecule has 0 saturated carbocycles. The normalized spacial score (nSPS) is 10.8. The highest BCUT2D eigenvalue weighted by Gasteiger charge is 2.11. The fraction of sp³-hybridized carbons (Fsp3) is 0.471. The first-order valence-corrected chi connectivity index (χ1v) is 8.16. The third-order valence-corrected chi connectivity index (χ3v) is 3.12. The van der Waals surface area contributed by atoms with Gasteiger partial charge < -0.3 is 19.9 Å². The molecule has 1 aromatic carbocycles. The van der Waals surface area contributed by atoms with Crippen LogP contribution in [-0.2, 0) is 4.79 Å². The first-order valence-electron chi connectivity index (χ1n) is 7.78. The minimum Gasteiger partial charge on any atom is -0.490 e. The molecule has 0 radical (unpaired) electrons. The van der Waals surface area contributed by atoms with Crippen molar-refractivity contribution in [3.05, 3.63) is 28.8 Å². The molecule has 0 aromatic heterocycles. The summed E-state index contributed by atoms with van der Waals surface area (Å²) in [7, 11) is 0. The van der Waals surface area contributed by atoms with Crippen molar-refractivity contribution in [2.24, 2.45) is 0 Å². The summed E-state index contributed by atoms with van der Waals surface area (Å²) in [4.78, 5) is 11.6. The second-order valence-corrected chi connectivity index (χ2v) is 5.22. The fourth-order valence-electron chi connectivity index (χ4n) is 1.81. The van der Waals surface area contributed by atoms with Gasteiger partial charge in [-0.15, -0.1) is 0 Å². The van der Waals surface area contributed by atoms with E-state index in [9.17, 15) is 4.79 Å². The summed E-state index contributed by atoms with van der Waals surface area (Å²) in [5.74, 6) is 0.868. The van der Waals surface area contributed by atoms with Crippen LogP contribution in [0.15, 0.2) is 18.2 Å². The SMILES string of the molecule is CCCOc1c(Cl)cc(/C=C/C(=O)NCCCO)cc1OCC. The van der Waals surface area contributed by atoms with Crippen molar-refractivity contribution >= 4 is 23.6 Å². The van der Waals surface area contributed by atoms with Crippen molar-refractivity contribution in [3.8, 4) is 11.5 Å². The van der Waals surface area contributed by atoms with Crippen molar-refractivity contribution in [2.75, 3.05) is 26.4 Å². The van der Waals surface area contributed by atoms with Gasteiger partial charge in [-0.2, -0.15) is 0 Å². The molecule has 0 unspecified atom stereocenters. The Hall–Kier alpha value is -1.72. The number of ether oxygens (including phenoxy) is 2. The number of nitrogens with one attached hydrogen (secondary N) is 1. The molecule has 0 bridgehead atoms. The molecule has 1 aromatic rings. The summed E-state index contributed by atoms with van der Waals surface area (Å²) in [6.07, 6.45) is 4.48. The fourth-order valence-corrected chi connectivity index (χ4v) is 2.09. The van der Waals surface area contributed by atoms with E-state index >= 15 is 0 Å². The Morgan fingerprint density at radius 3 is 2.78 bits per heavy atom. The number of carbonyl (C=O) groups is 1. The highest BCUT2D eigenvalue weighted by atomic mass is 35.5. The molecule has 0 atom stereocenters. The Morgan fingerprint density at radius 1 is 1.35 bits per heavy atom. The first kappa shape index (κ1) is 19.3. The third-order valence-electron chi connectivity index (χ3n) is 2.84. The number of rotatable bonds is 10. The Balaban J connectivity index is 2.85. The molecule has 0 fully saturated rings. The molecule has 0 aliphatic rings. The van der Waals surface area contributed by atoms with E-state index in [4.69, 9.17) is 26.2 Å². The minimum absolute atomic E-state index is 0.0521. The number of aliphatic hydroxyl groups is 1. The lowest BCUT2D eigenvalue weighted by atomic mass is 10.2. The number of carbonyl (C=O) groups excluding carboxylic acids is 1. The van der Waals surface area contributed by atoms with Gasteiger partial charge in [0.05, 0.1) is 18.2 Å². The van der Waals surface area contributed by atoms with Crippen LogP contribution >= 0.6 is 11.6 Å². The van der Waals surface area contributed by atoms with Gasteiger partial charge in [-0.05, 0) is 43.5 Å². The second kappa shape index (κ2) is 10.9. The highest BCUT2D eigenvalue weighted by Crippen LogP contribution is 2.37. The Labute approximate surface area is 142 Å². The predicted molar refractivity (Wildman–Crippen MR) is 92.2 cm³/mol. The molecular formula is C17H24ClNO4.